The lowest BCUT2D eigenvalue weighted by Gasteiger charge is -2.25. The highest BCUT2D eigenvalue weighted by Crippen LogP contribution is 2.27. The van der Waals surface area contributed by atoms with Crippen LogP contribution in [0.3, 0.4) is 0 Å². The molecular weight excluding hydrogens is 392 g/mol. The van der Waals surface area contributed by atoms with Crippen molar-refractivity contribution in [1.29, 1.82) is 0 Å². The molecule has 1 aliphatic rings. The summed E-state index contributed by atoms with van der Waals surface area (Å²) in [4.78, 5) is 5.21. The van der Waals surface area contributed by atoms with Crippen LogP contribution in [0.4, 0.5) is 0 Å². The Morgan fingerprint density at radius 1 is 1.11 bits per heavy atom. The van der Waals surface area contributed by atoms with Gasteiger partial charge in [-0.3, -0.25) is 4.99 Å². The van der Waals surface area contributed by atoms with Gasteiger partial charge in [-0.25, -0.2) is 8.42 Å². The van der Waals surface area contributed by atoms with Crippen molar-refractivity contribution in [1.82, 2.24) is 14.9 Å². The van der Waals surface area contributed by atoms with Gasteiger partial charge in [-0.1, -0.05) is 36.2 Å². The molecule has 1 aromatic carbocycles. The van der Waals surface area contributed by atoms with Crippen LogP contribution in [0.15, 0.2) is 45.6 Å². The average molecular weight is 421 g/mol. The first-order valence-corrected chi connectivity index (χ1v) is 11.8. The van der Waals surface area contributed by atoms with Crippen molar-refractivity contribution in [3.8, 4) is 0 Å². The first-order chi connectivity index (χ1) is 13.5. The molecule has 3 rings (SSSR count). The van der Waals surface area contributed by atoms with E-state index in [9.17, 15) is 8.42 Å². The van der Waals surface area contributed by atoms with Gasteiger partial charge in [-0.15, -0.1) is 11.3 Å². The predicted molar refractivity (Wildman–Crippen MR) is 115 cm³/mol. The molecule has 2 aromatic rings. The zero-order chi connectivity index (χ0) is 20.0. The van der Waals surface area contributed by atoms with Crippen LogP contribution >= 0.6 is 11.3 Å². The normalized spacial score (nSPS) is 16.1. The third kappa shape index (κ3) is 5.33. The number of hydrogen-bond donors (Lipinski definition) is 2. The van der Waals surface area contributed by atoms with Crippen molar-refractivity contribution in [3.63, 3.8) is 0 Å². The SMILES string of the molecule is CN=C(NCc1cccc(C)c1)NCc1ccc(S(=O)(=O)N2CCCCC2)s1. The van der Waals surface area contributed by atoms with Gasteiger partial charge in [0.15, 0.2) is 5.96 Å². The number of guanidine groups is 1. The van der Waals surface area contributed by atoms with E-state index in [1.165, 1.54) is 22.5 Å². The van der Waals surface area contributed by atoms with Crippen molar-refractivity contribution in [3.05, 3.63) is 52.4 Å². The molecule has 6 nitrogen and oxygen atoms in total. The highest BCUT2D eigenvalue weighted by atomic mass is 32.2. The molecule has 1 aliphatic heterocycles. The quantitative estimate of drug-likeness (QED) is 0.556. The molecule has 0 atom stereocenters. The Kier molecular flexibility index (Phi) is 7.09. The van der Waals surface area contributed by atoms with Crippen LogP contribution in [0.5, 0.6) is 0 Å². The Morgan fingerprint density at radius 3 is 2.57 bits per heavy atom. The van der Waals surface area contributed by atoms with Crippen LogP contribution < -0.4 is 10.6 Å². The number of rotatable bonds is 6. The maximum absolute atomic E-state index is 12.8. The summed E-state index contributed by atoms with van der Waals surface area (Å²) in [5, 5.41) is 6.54. The smallest absolute Gasteiger partial charge is 0.252 e. The lowest BCUT2D eigenvalue weighted by molar-refractivity contribution is 0.347. The van der Waals surface area contributed by atoms with Crippen molar-refractivity contribution in [2.45, 2.75) is 43.5 Å². The van der Waals surface area contributed by atoms with Gasteiger partial charge in [0.05, 0.1) is 6.54 Å². The molecular formula is C20H28N4O2S2. The average Bonchev–Trinajstić information content (AvgIpc) is 3.19. The summed E-state index contributed by atoms with van der Waals surface area (Å²) in [5.41, 5.74) is 2.41. The molecule has 152 valence electrons. The van der Waals surface area contributed by atoms with E-state index in [2.05, 4.69) is 40.7 Å². The summed E-state index contributed by atoms with van der Waals surface area (Å²) in [6.07, 6.45) is 3.00. The third-order valence-electron chi connectivity index (χ3n) is 4.74. The number of piperidine rings is 1. The van der Waals surface area contributed by atoms with E-state index in [4.69, 9.17) is 0 Å². The second-order valence-electron chi connectivity index (χ2n) is 6.95. The standard InChI is InChI=1S/C20H28N4O2S2/c1-16-7-6-8-17(13-16)14-22-20(21-2)23-15-18-9-10-19(27-18)28(25,26)24-11-4-3-5-12-24/h6-10,13H,3-5,11-12,14-15H2,1-2H3,(H2,21,22,23). The molecule has 0 radical (unpaired) electrons. The monoisotopic (exact) mass is 420 g/mol. The number of nitrogens with zero attached hydrogens (tertiary/aromatic N) is 2. The number of nitrogens with one attached hydrogen (secondary N) is 2. The van der Waals surface area contributed by atoms with Crippen molar-refractivity contribution in [2.75, 3.05) is 20.1 Å². The van der Waals surface area contributed by atoms with E-state index in [0.29, 0.717) is 36.3 Å². The summed E-state index contributed by atoms with van der Waals surface area (Å²) < 4.78 is 27.6. The van der Waals surface area contributed by atoms with E-state index in [1.54, 1.807) is 17.4 Å². The van der Waals surface area contributed by atoms with Crippen molar-refractivity contribution < 1.29 is 8.42 Å². The number of thiophene rings is 1. The molecule has 8 heteroatoms. The fourth-order valence-corrected chi connectivity index (χ4v) is 6.19. The van der Waals surface area contributed by atoms with Gasteiger partial charge in [0, 0.05) is 31.6 Å². The van der Waals surface area contributed by atoms with Crippen molar-refractivity contribution in [2.24, 2.45) is 4.99 Å². The van der Waals surface area contributed by atoms with Gasteiger partial charge in [-0.2, -0.15) is 4.31 Å². The largest absolute Gasteiger partial charge is 0.352 e. The fraction of sp³-hybridized carbons (Fsp3) is 0.450. The minimum Gasteiger partial charge on any atom is -0.352 e. The Morgan fingerprint density at radius 2 is 1.86 bits per heavy atom. The lowest BCUT2D eigenvalue weighted by Crippen LogP contribution is -2.36. The van der Waals surface area contributed by atoms with Gasteiger partial charge in [0.1, 0.15) is 4.21 Å². The summed E-state index contributed by atoms with van der Waals surface area (Å²) in [6, 6.07) is 11.9. The minimum absolute atomic E-state index is 0.425. The van der Waals surface area contributed by atoms with Crippen LogP contribution in [-0.2, 0) is 23.1 Å². The minimum atomic E-state index is -3.36. The Hall–Kier alpha value is -1.90. The van der Waals surface area contributed by atoms with Crippen LogP contribution in [0.2, 0.25) is 0 Å². The van der Waals surface area contributed by atoms with E-state index in [1.807, 2.05) is 12.1 Å². The number of sulfonamides is 1. The number of hydrogen-bond acceptors (Lipinski definition) is 4. The molecule has 1 saturated heterocycles. The maximum Gasteiger partial charge on any atom is 0.252 e. The lowest BCUT2D eigenvalue weighted by atomic mass is 10.1. The summed E-state index contributed by atoms with van der Waals surface area (Å²) in [6.45, 7) is 4.55. The highest BCUT2D eigenvalue weighted by molar-refractivity contribution is 7.91. The molecule has 1 fully saturated rings. The summed E-state index contributed by atoms with van der Waals surface area (Å²) >= 11 is 1.33. The molecule has 1 aromatic heterocycles. The molecule has 0 unspecified atom stereocenters. The van der Waals surface area contributed by atoms with Gasteiger partial charge in [0.2, 0.25) is 0 Å². The Labute approximate surface area is 171 Å². The predicted octanol–water partition coefficient (Wildman–Crippen LogP) is 3.10. The van der Waals surface area contributed by atoms with Gasteiger partial charge < -0.3 is 10.6 Å². The Bertz CT molecular complexity index is 916. The van der Waals surface area contributed by atoms with Crippen LogP contribution in [-0.4, -0.2) is 38.8 Å². The number of aryl methyl sites for hydroxylation is 1. The third-order valence-corrected chi connectivity index (χ3v) is 8.19. The van der Waals surface area contributed by atoms with Gasteiger partial charge in [0.25, 0.3) is 10.0 Å². The van der Waals surface area contributed by atoms with E-state index < -0.39 is 10.0 Å². The molecule has 0 spiro atoms. The molecule has 2 heterocycles. The zero-order valence-electron chi connectivity index (χ0n) is 16.4. The summed E-state index contributed by atoms with van der Waals surface area (Å²) in [5.74, 6) is 0.690. The van der Waals surface area contributed by atoms with Crippen molar-refractivity contribution >= 4 is 27.3 Å². The first kappa shape index (κ1) is 20.8. The molecule has 2 N–H and O–H groups in total. The van der Waals surface area contributed by atoms with E-state index in [0.717, 1.165) is 24.1 Å². The molecule has 0 bridgehead atoms. The number of aliphatic imine (C=N–C) groups is 1. The van der Waals surface area contributed by atoms with Crippen LogP contribution in [0, 0.1) is 6.92 Å². The molecule has 0 amide bonds. The van der Waals surface area contributed by atoms with Crippen LogP contribution in [0.1, 0.15) is 35.3 Å². The first-order valence-electron chi connectivity index (χ1n) is 9.58. The second-order valence-corrected chi connectivity index (χ2v) is 10.3. The number of benzene rings is 1. The molecule has 0 aliphatic carbocycles. The van der Waals surface area contributed by atoms with Gasteiger partial charge >= 0.3 is 0 Å². The van der Waals surface area contributed by atoms with E-state index >= 15 is 0 Å². The topological polar surface area (TPSA) is 73.8 Å². The fourth-order valence-electron chi connectivity index (χ4n) is 3.22. The van der Waals surface area contributed by atoms with E-state index in [-0.39, 0.29) is 0 Å². The molecule has 28 heavy (non-hydrogen) atoms. The summed E-state index contributed by atoms with van der Waals surface area (Å²) in [7, 11) is -1.63. The van der Waals surface area contributed by atoms with Gasteiger partial charge in [-0.05, 0) is 37.5 Å². The van der Waals surface area contributed by atoms with Crippen LogP contribution in [0.25, 0.3) is 0 Å². The second kappa shape index (κ2) is 9.54. The Balaban J connectivity index is 1.55. The zero-order valence-corrected chi connectivity index (χ0v) is 18.1. The maximum atomic E-state index is 12.8. The molecule has 0 saturated carbocycles. The highest BCUT2D eigenvalue weighted by Gasteiger charge is 2.27.